The molecule has 0 saturated carbocycles. The molecule has 0 spiro atoms. The van der Waals surface area contributed by atoms with E-state index < -0.39 is 0 Å². The lowest BCUT2D eigenvalue weighted by Gasteiger charge is -2.04. The lowest BCUT2D eigenvalue weighted by atomic mass is 10.2. The first-order valence-corrected chi connectivity index (χ1v) is 4.43. The summed E-state index contributed by atoms with van der Waals surface area (Å²) in [5.74, 6) is 0.905. The van der Waals surface area contributed by atoms with Crippen LogP contribution in [0.15, 0.2) is 24.3 Å². The lowest BCUT2D eigenvalue weighted by molar-refractivity contribution is 0.414. The summed E-state index contributed by atoms with van der Waals surface area (Å²) in [6.45, 7) is 2.10. The molecular weight excluding hydrogens is 204 g/mol. The molecular formula is C9H11BrO. The highest BCUT2D eigenvalue weighted by molar-refractivity contribution is 9.09. The minimum atomic E-state index is 0.411. The Morgan fingerprint density at radius 2 is 1.82 bits per heavy atom. The maximum atomic E-state index is 5.03. The largest absolute Gasteiger partial charge is 0.497 e. The molecule has 60 valence electrons. The Morgan fingerprint density at radius 3 is 2.18 bits per heavy atom. The number of methoxy groups -OCH3 is 1. The van der Waals surface area contributed by atoms with Gasteiger partial charge < -0.3 is 4.74 Å². The summed E-state index contributed by atoms with van der Waals surface area (Å²) < 4.78 is 5.03. The minimum Gasteiger partial charge on any atom is -0.497 e. The van der Waals surface area contributed by atoms with Crippen molar-refractivity contribution in [1.82, 2.24) is 0 Å². The molecule has 1 nitrogen and oxygen atoms in total. The van der Waals surface area contributed by atoms with E-state index in [4.69, 9.17) is 4.74 Å². The van der Waals surface area contributed by atoms with Crippen LogP contribution in [0.2, 0.25) is 0 Å². The van der Waals surface area contributed by atoms with Crippen LogP contribution < -0.4 is 4.74 Å². The number of hydrogen-bond acceptors (Lipinski definition) is 1. The summed E-state index contributed by atoms with van der Waals surface area (Å²) in [5, 5.41) is 0. The van der Waals surface area contributed by atoms with Gasteiger partial charge in [-0.2, -0.15) is 0 Å². The van der Waals surface area contributed by atoms with Crippen LogP contribution in [0.4, 0.5) is 0 Å². The summed E-state index contributed by atoms with van der Waals surface area (Å²) in [6, 6.07) is 8.04. The Balaban J connectivity index is 2.83. The predicted octanol–water partition coefficient (Wildman–Crippen LogP) is 3.15. The van der Waals surface area contributed by atoms with Gasteiger partial charge in [-0.25, -0.2) is 0 Å². The van der Waals surface area contributed by atoms with Crippen molar-refractivity contribution in [1.29, 1.82) is 0 Å². The zero-order valence-corrected chi connectivity index (χ0v) is 8.26. The smallest absolute Gasteiger partial charge is 0.118 e. The Bertz CT molecular complexity index is 216. The lowest BCUT2D eigenvalue weighted by Crippen LogP contribution is -1.85. The van der Waals surface area contributed by atoms with E-state index >= 15 is 0 Å². The Morgan fingerprint density at radius 1 is 1.27 bits per heavy atom. The first-order valence-electron chi connectivity index (χ1n) is 3.52. The second-order valence-electron chi connectivity index (χ2n) is 2.39. The molecule has 11 heavy (non-hydrogen) atoms. The fraction of sp³-hybridized carbons (Fsp3) is 0.333. The molecule has 0 unspecified atom stereocenters. The molecule has 1 atom stereocenters. The number of alkyl halides is 1. The molecule has 1 rings (SSSR count). The molecule has 0 aliphatic rings. The molecule has 0 N–H and O–H groups in total. The fourth-order valence-corrected chi connectivity index (χ4v) is 1.17. The molecule has 0 aromatic heterocycles. The molecule has 0 fully saturated rings. The van der Waals surface area contributed by atoms with Crippen LogP contribution in [-0.4, -0.2) is 7.11 Å². The third kappa shape index (κ3) is 2.22. The van der Waals surface area contributed by atoms with Crippen molar-refractivity contribution < 1.29 is 4.74 Å². The van der Waals surface area contributed by atoms with Crippen molar-refractivity contribution in [3.8, 4) is 5.75 Å². The monoisotopic (exact) mass is 214 g/mol. The van der Waals surface area contributed by atoms with Gasteiger partial charge in [-0.3, -0.25) is 0 Å². The van der Waals surface area contributed by atoms with Crippen molar-refractivity contribution in [3.05, 3.63) is 29.8 Å². The number of rotatable bonds is 2. The molecule has 0 amide bonds. The normalized spacial score (nSPS) is 12.6. The standard InChI is InChI=1S/C9H11BrO/c1-7(10)8-3-5-9(11-2)6-4-8/h3-7H,1-2H3/t7-/m0/s1. The molecule has 0 heterocycles. The van der Waals surface area contributed by atoms with Gasteiger partial charge in [-0.1, -0.05) is 28.1 Å². The summed E-state index contributed by atoms with van der Waals surface area (Å²) in [6.07, 6.45) is 0. The summed E-state index contributed by atoms with van der Waals surface area (Å²) >= 11 is 3.49. The Kier molecular flexibility index (Phi) is 2.94. The van der Waals surface area contributed by atoms with Crippen molar-refractivity contribution >= 4 is 15.9 Å². The average Bonchev–Trinajstić information content (AvgIpc) is 2.05. The van der Waals surface area contributed by atoms with Crippen molar-refractivity contribution in [2.24, 2.45) is 0 Å². The zero-order valence-electron chi connectivity index (χ0n) is 6.67. The van der Waals surface area contributed by atoms with Gasteiger partial charge >= 0.3 is 0 Å². The van der Waals surface area contributed by atoms with Gasteiger partial charge in [-0.15, -0.1) is 0 Å². The number of halogens is 1. The van der Waals surface area contributed by atoms with E-state index in [1.165, 1.54) is 5.56 Å². The first-order chi connectivity index (χ1) is 5.24. The Hall–Kier alpha value is -0.500. The average molecular weight is 215 g/mol. The number of hydrogen-bond donors (Lipinski definition) is 0. The molecule has 2 heteroatoms. The second kappa shape index (κ2) is 3.77. The van der Waals surface area contributed by atoms with Crippen LogP contribution in [0.3, 0.4) is 0 Å². The minimum absolute atomic E-state index is 0.411. The topological polar surface area (TPSA) is 9.23 Å². The molecule has 0 aliphatic heterocycles. The van der Waals surface area contributed by atoms with Crippen LogP contribution in [-0.2, 0) is 0 Å². The van der Waals surface area contributed by atoms with E-state index in [0.717, 1.165) is 5.75 Å². The fourth-order valence-electron chi connectivity index (χ4n) is 0.869. The van der Waals surface area contributed by atoms with Gasteiger partial charge in [-0.05, 0) is 24.6 Å². The van der Waals surface area contributed by atoms with Crippen LogP contribution >= 0.6 is 15.9 Å². The maximum absolute atomic E-state index is 5.03. The van der Waals surface area contributed by atoms with E-state index in [0.29, 0.717) is 4.83 Å². The van der Waals surface area contributed by atoms with Crippen molar-refractivity contribution in [3.63, 3.8) is 0 Å². The summed E-state index contributed by atoms with van der Waals surface area (Å²) in [5.41, 5.74) is 1.27. The van der Waals surface area contributed by atoms with E-state index in [-0.39, 0.29) is 0 Å². The summed E-state index contributed by atoms with van der Waals surface area (Å²) in [4.78, 5) is 0.411. The van der Waals surface area contributed by atoms with Gasteiger partial charge in [0.1, 0.15) is 5.75 Å². The van der Waals surface area contributed by atoms with Gasteiger partial charge in [0.05, 0.1) is 7.11 Å². The molecule has 1 aromatic rings. The van der Waals surface area contributed by atoms with Gasteiger partial charge in [0.25, 0.3) is 0 Å². The maximum Gasteiger partial charge on any atom is 0.118 e. The molecule has 0 bridgehead atoms. The Labute approximate surface area is 75.5 Å². The molecule has 0 aliphatic carbocycles. The van der Waals surface area contributed by atoms with Crippen molar-refractivity contribution in [2.45, 2.75) is 11.8 Å². The van der Waals surface area contributed by atoms with E-state index in [2.05, 4.69) is 35.0 Å². The van der Waals surface area contributed by atoms with Crippen LogP contribution in [0, 0.1) is 0 Å². The van der Waals surface area contributed by atoms with Crippen molar-refractivity contribution in [2.75, 3.05) is 7.11 Å². The van der Waals surface area contributed by atoms with Gasteiger partial charge in [0, 0.05) is 4.83 Å². The van der Waals surface area contributed by atoms with Gasteiger partial charge in [0.2, 0.25) is 0 Å². The van der Waals surface area contributed by atoms with Gasteiger partial charge in [0.15, 0.2) is 0 Å². The van der Waals surface area contributed by atoms with E-state index in [1.807, 2.05) is 12.1 Å². The van der Waals surface area contributed by atoms with Crippen LogP contribution in [0.1, 0.15) is 17.3 Å². The highest BCUT2D eigenvalue weighted by Gasteiger charge is 1.98. The van der Waals surface area contributed by atoms with E-state index in [1.54, 1.807) is 7.11 Å². The predicted molar refractivity (Wildman–Crippen MR) is 50.3 cm³/mol. The second-order valence-corrected chi connectivity index (χ2v) is 3.76. The third-order valence-electron chi connectivity index (χ3n) is 1.58. The highest BCUT2D eigenvalue weighted by atomic mass is 79.9. The van der Waals surface area contributed by atoms with Crippen LogP contribution in [0.25, 0.3) is 0 Å². The zero-order chi connectivity index (χ0) is 8.27. The number of benzene rings is 1. The first kappa shape index (κ1) is 8.60. The van der Waals surface area contributed by atoms with E-state index in [9.17, 15) is 0 Å². The SMILES string of the molecule is COc1ccc([C@H](C)Br)cc1. The number of ether oxygens (including phenoxy) is 1. The molecule has 1 aromatic carbocycles. The molecule has 0 saturated heterocycles. The quantitative estimate of drug-likeness (QED) is 0.688. The molecule has 0 radical (unpaired) electrons. The van der Waals surface area contributed by atoms with Crippen LogP contribution in [0.5, 0.6) is 5.75 Å². The highest BCUT2D eigenvalue weighted by Crippen LogP contribution is 2.23. The third-order valence-corrected chi connectivity index (χ3v) is 2.10. The summed E-state index contributed by atoms with van der Waals surface area (Å²) in [7, 11) is 1.67.